The van der Waals surface area contributed by atoms with E-state index in [9.17, 15) is 0 Å². The lowest BCUT2D eigenvalue weighted by molar-refractivity contribution is -0.661. The first kappa shape index (κ1) is 77.2. The number of benzene rings is 5. The smallest absolute Gasteiger partial charge is 0.212 e. The van der Waals surface area contributed by atoms with Gasteiger partial charge in [0.15, 0.2) is 24.8 Å². The van der Waals surface area contributed by atoms with Crippen LogP contribution >= 0.6 is 0 Å². The van der Waals surface area contributed by atoms with Crippen LogP contribution in [0, 0.1) is 75.9 Å². The van der Waals surface area contributed by atoms with Gasteiger partial charge in [-0.15, -0.1) is 0 Å². The van der Waals surface area contributed by atoms with Crippen molar-refractivity contribution in [1.29, 1.82) is 0 Å². The van der Waals surface area contributed by atoms with E-state index in [0.717, 1.165) is 89.8 Å². The molecule has 0 aliphatic rings. The second-order valence-corrected chi connectivity index (χ2v) is 36.2. The van der Waals surface area contributed by atoms with Gasteiger partial charge in [0, 0.05) is 92.9 Å². The van der Waals surface area contributed by atoms with Crippen molar-refractivity contribution in [2.45, 2.75) is 304 Å². The van der Waals surface area contributed by atoms with Gasteiger partial charge in [-0.1, -0.05) is 241 Å². The summed E-state index contributed by atoms with van der Waals surface area (Å²) in [6, 6.07) is 45.4. The Morgan fingerprint density at radius 2 is 0.545 bits per heavy atom. The van der Waals surface area contributed by atoms with Crippen molar-refractivity contribution in [2.24, 2.45) is 28.2 Å². The van der Waals surface area contributed by atoms with Crippen LogP contribution in [0.4, 0.5) is 0 Å². The lowest BCUT2D eigenvalue weighted by Crippen LogP contribution is -2.37. The van der Waals surface area contributed by atoms with Gasteiger partial charge in [0.2, 0.25) is 22.8 Å². The number of nitrogens with zero attached hydrogens (tertiary/aromatic N) is 5. The van der Waals surface area contributed by atoms with Crippen LogP contribution in [0.15, 0.2) is 164 Å². The summed E-state index contributed by atoms with van der Waals surface area (Å²) >= 11 is 0. The minimum absolute atomic E-state index is 0.0668. The van der Waals surface area contributed by atoms with Crippen molar-refractivity contribution in [2.75, 3.05) is 0 Å². The van der Waals surface area contributed by atoms with E-state index in [1.54, 1.807) is 36.4 Å². The average Bonchev–Trinajstić information content (AvgIpc) is 0.763. The Bertz CT molecular complexity index is 5170. The lowest BCUT2D eigenvalue weighted by atomic mass is 9.71. The van der Waals surface area contributed by atoms with Crippen LogP contribution in [-0.4, -0.2) is 4.98 Å². The third-order valence-electron chi connectivity index (χ3n) is 25.2. The van der Waals surface area contributed by atoms with Crippen LogP contribution in [0.25, 0.3) is 56.3 Å². The van der Waals surface area contributed by atoms with Gasteiger partial charge in [0.05, 0.1) is 5.69 Å². The minimum atomic E-state index is -2.22. The molecule has 110 heavy (non-hydrogen) atoms. The first-order valence-electron chi connectivity index (χ1n) is 45.3. The highest BCUT2D eigenvalue weighted by Crippen LogP contribution is 2.42. The molecule has 0 radical (unpaired) electrons. The summed E-state index contributed by atoms with van der Waals surface area (Å²) in [5.41, 5.74) is 32.2. The van der Waals surface area contributed by atoms with E-state index in [1.165, 1.54) is 94.8 Å². The number of aromatic nitrogens is 5. The fraction of sp³-hybridized carbons (Fsp3) is 0.476. The van der Waals surface area contributed by atoms with E-state index in [4.69, 9.17) is 17.3 Å². The topological polar surface area (TPSA) is 28.4 Å². The molecule has 590 valence electrons. The number of pyridine rings is 5. The Labute approximate surface area is 685 Å². The van der Waals surface area contributed by atoms with Gasteiger partial charge in [0.1, 0.15) is 28.2 Å². The van der Waals surface area contributed by atoms with Gasteiger partial charge in [-0.25, -0.2) is 18.3 Å². The maximum Gasteiger partial charge on any atom is 0.212 e. The first-order chi connectivity index (χ1) is 54.8. The summed E-state index contributed by atoms with van der Waals surface area (Å²) in [5.74, 6) is 0. The van der Waals surface area contributed by atoms with Crippen LogP contribution in [0.3, 0.4) is 0 Å². The molecule has 0 aliphatic heterocycles. The van der Waals surface area contributed by atoms with Crippen molar-refractivity contribution >= 4 is 0 Å². The Morgan fingerprint density at radius 1 is 0.264 bits per heavy atom. The Hall–Kier alpha value is -8.15. The molecule has 10 rings (SSSR count). The van der Waals surface area contributed by atoms with Crippen molar-refractivity contribution in [3.05, 3.63) is 265 Å². The molecular weight excluding hydrogens is 1330 g/mol. The normalized spacial score (nSPS) is 13.6. The Balaban J connectivity index is 0.000000232. The number of hydrogen-bond donors (Lipinski definition) is 0. The van der Waals surface area contributed by atoms with Crippen LogP contribution in [0.1, 0.15) is 303 Å². The fourth-order valence-corrected chi connectivity index (χ4v) is 14.7. The van der Waals surface area contributed by atoms with E-state index in [-0.39, 0.29) is 43.5 Å². The van der Waals surface area contributed by atoms with Crippen molar-refractivity contribution in [1.82, 2.24) is 4.98 Å². The second-order valence-electron chi connectivity index (χ2n) is 36.2. The number of aryl methyl sites for hydroxylation is 15. The molecule has 0 atom stereocenters. The maximum absolute atomic E-state index is 8.02. The highest BCUT2D eigenvalue weighted by molar-refractivity contribution is 5.68. The van der Waals surface area contributed by atoms with Gasteiger partial charge in [-0.05, 0) is 250 Å². The minimum Gasteiger partial charge on any atom is -0.256 e. The molecule has 5 heteroatoms. The maximum atomic E-state index is 8.02. The molecular formula is C105H149N5+4. The molecule has 0 saturated carbocycles. The van der Waals surface area contributed by atoms with Crippen molar-refractivity contribution < 1.29 is 30.6 Å². The van der Waals surface area contributed by atoms with Crippen LogP contribution in [-0.2, 0) is 66.1 Å². The van der Waals surface area contributed by atoms with E-state index in [1.807, 2.05) is 51.6 Å². The summed E-state index contributed by atoms with van der Waals surface area (Å²) in [4.78, 5) is 4.71. The van der Waals surface area contributed by atoms with Gasteiger partial charge in [0.25, 0.3) is 0 Å². The molecule has 10 aromatic rings. The zero-order valence-electron chi connectivity index (χ0n) is 83.8. The molecule has 0 aliphatic carbocycles. The number of rotatable bonds is 19. The summed E-state index contributed by atoms with van der Waals surface area (Å²) in [5, 5.41) is 0. The molecule has 0 bridgehead atoms. The van der Waals surface area contributed by atoms with Gasteiger partial charge >= 0.3 is 0 Å². The Morgan fingerprint density at radius 3 is 0.891 bits per heavy atom. The van der Waals surface area contributed by atoms with E-state index >= 15 is 0 Å². The average molecular weight is 1490 g/mol. The van der Waals surface area contributed by atoms with Gasteiger partial charge < -0.3 is 0 Å². The molecule has 0 saturated heterocycles. The van der Waals surface area contributed by atoms with Gasteiger partial charge in [-0.2, -0.15) is 0 Å². The largest absolute Gasteiger partial charge is 0.256 e. The van der Waals surface area contributed by atoms with Crippen molar-refractivity contribution in [3.63, 3.8) is 0 Å². The summed E-state index contributed by atoms with van der Waals surface area (Å²) < 4.78 is 78.5. The molecule has 5 nitrogen and oxygen atoms in total. The second kappa shape index (κ2) is 37.0. The standard InChI is InChI=1S/C24H36N.C23H34N.C20H28N.C19H25N.C19H26N/c1-10-23(5,6)20-15-22(19-13-12-17(3)14-18(19)4)25(9)16-21(20)24(7,8)11-2;1-9-22(4,5)19-15-21(18-14-12-11-13-17(18)3)24(8)16-20(19)23(6,7)10-2;1-8-20(5,6)18-13-21(7)19(12-16(18)4)17-10-9-14(2)11-15(17)3;1-7-19(5,6)17-12-20-18(11-15(17)4)16-9-8-13(2)10-14(16)3;1-7-19(4,5)17-13-20(6)18(12-15(17)3)16-11-9-8-10-14(16)2/h12-16H,10-11H2,1-9H3;11-16H,9-10H2,1-8H3;9-13H,8H2,1-7H3;8-12H,7H2,1-6H3;8-13H,7H2,1-6H3/q3*+1;;+1/i3D3;;2D3,4D3;;. The fourth-order valence-electron chi connectivity index (χ4n) is 14.7. The molecule has 0 N–H and O–H groups in total. The molecule has 5 aromatic heterocycles. The van der Waals surface area contributed by atoms with E-state index in [0.29, 0.717) is 11.1 Å². The quantitative estimate of drug-likeness (QED) is 0.0742. The summed E-state index contributed by atoms with van der Waals surface area (Å²) in [7, 11) is 8.31. The Kier molecular flexibility index (Phi) is 26.0. The van der Waals surface area contributed by atoms with E-state index < -0.39 is 20.6 Å². The molecule has 5 aromatic carbocycles. The monoisotopic (exact) mass is 1490 g/mol. The van der Waals surface area contributed by atoms with Gasteiger partial charge in [-0.3, -0.25) is 4.98 Å². The van der Waals surface area contributed by atoms with Crippen molar-refractivity contribution in [3.8, 4) is 56.3 Å². The molecule has 0 amide bonds. The lowest BCUT2D eigenvalue weighted by Gasteiger charge is -2.32. The van der Waals surface area contributed by atoms with Crippen LogP contribution in [0.5, 0.6) is 0 Å². The molecule has 0 fully saturated rings. The number of hydrogen-bond acceptors (Lipinski definition) is 1. The molecule has 0 spiro atoms. The highest BCUT2D eigenvalue weighted by atomic mass is 14.9. The van der Waals surface area contributed by atoms with Crippen LogP contribution < -0.4 is 18.3 Å². The van der Waals surface area contributed by atoms with Crippen LogP contribution in [0.2, 0.25) is 0 Å². The molecule has 5 heterocycles. The SMILES string of the molecule is CCC(C)(C)c1c[n+](C)c(-c2ccccc2C)cc1C.CCC(C)(C)c1cc(-c2ccccc2C)[n+](C)cc1C(C)(C)CC.CCC(C)(C)c1cnc(-c2ccc(C)cc2C)cc1C.[2H]C([2H])([2H])c1ccc(-c2cc(C(C)(C)CC)c(C(C)(C)CC)c[n+]2C)c(C)c1.[2H]C([2H])([2H])c1ccc(-c2cc(C([2H])([2H])[2H])c(C(C)(C)CC)c[n+]2C)c(C)c1. The predicted molar refractivity (Wildman–Crippen MR) is 477 cm³/mol. The molecule has 0 unspecified atom stereocenters. The zero-order valence-corrected chi connectivity index (χ0v) is 74.8. The first-order valence-corrected chi connectivity index (χ1v) is 40.8. The third-order valence-corrected chi connectivity index (χ3v) is 25.2. The van der Waals surface area contributed by atoms with E-state index in [2.05, 4.69) is 324 Å². The third kappa shape index (κ3) is 21.5. The predicted octanol–water partition coefficient (Wildman–Crippen LogP) is 26.7. The summed E-state index contributed by atoms with van der Waals surface area (Å²) in [6.45, 7) is 58.1. The highest BCUT2D eigenvalue weighted by Gasteiger charge is 2.36. The zero-order chi connectivity index (χ0) is 90.2. The summed E-state index contributed by atoms with van der Waals surface area (Å²) in [6.07, 6.45) is 18.4.